The highest BCUT2D eigenvalue weighted by Crippen LogP contribution is 2.17. The molecular formula is C12H16O5. The minimum absolute atomic E-state index is 0.0381. The summed E-state index contributed by atoms with van der Waals surface area (Å²) in [6.07, 6.45) is 1.50. The number of rotatable bonds is 5. The smallest absolute Gasteiger partial charge is 0.318 e. The lowest BCUT2D eigenvalue weighted by Crippen LogP contribution is -2.37. The first-order chi connectivity index (χ1) is 7.82. The molecule has 0 spiro atoms. The Kier molecular flexibility index (Phi) is 4.07. The van der Waals surface area contributed by atoms with Gasteiger partial charge in [-0.25, -0.2) is 0 Å². The van der Waals surface area contributed by atoms with Crippen LogP contribution in [-0.4, -0.2) is 22.6 Å². The minimum atomic E-state index is -1.68. The normalized spacial score (nSPS) is 16.0. The molecule has 5 heteroatoms. The number of carbonyl (C=O) groups excluding carboxylic acids is 2. The molecule has 2 unspecified atom stereocenters. The zero-order valence-electron chi connectivity index (χ0n) is 10.1. The molecule has 17 heavy (non-hydrogen) atoms. The van der Waals surface area contributed by atoms with Gasteiger partial charge in [0.05, 0.1) is 12.7 Å². The first-order valence-electron chi connectivity index (χ1n) is 5.30. The summed E-state index contributed by atoms with van der Waals surface area (Å²) in [5.41, 5.74) is 0. The predicted molar refractivity (Wildman–Crippen MR) is 59.0 cm³/mol. The van der Waals surface area contributed by atoms with Gasteiger partial charge in [0.15, 0.2) is 0 Å². The number of carbonyl (C=O) groups is 2. The van der Waals surface area contributed by atoms with Crippen molar-refractivity contribution in [2.45, 2.75) is 33.0 Å². The van der Waals surface area contributed by atoms with E-state index >= 15 is 0 Å². The van der Waals surface area contributed by atoms with E-state index in [1.54, 1.807) is 12.1 Å². The van der Waals surface area contributed by atoms with E-state index in [4.69, 9.17) is 9.15 Å². The molecule has 1 heterocycles. The van der Waals surface area contributed by atoms with E-state index < -0.39 is 17.7 Å². The van der Waals surface area contributed by atoms with E-state index in [-0.39, 0.29) is 12.2 Å². The monoisotopic (exact) mass is 240 g/mol. The Morgan fingerprint density at radius 3 is 2.71 bits per heavy atom. The lowest BCUT2D eigenvalue weighted by molar-refractivity contribution is -0.205. The third kappa shape index (κ3) is 4.03. The van der Waals surface area contributed by atoms with Gasteiger partial charge < -0.3 is 14.3 Å². The van der Waals surface area contributed by atoms with E-state index in [1.807, 2.05) is 0 Å². The highest BCUT2D eigenvalue weighted by molar-refractivity contribution is 5.97. The van der Waals surface area contributed by atoms with Gasteiger partial charge in [0.1, 0.15) is 17.5 Å². The SMILES string of the molecule is CC(=O)C(C)C(=O)OC(C)(O)Cc1ccco1. The van der Waals surface area contributed by atoms with Crippen LogP contribution in [0.25, 0.3) is 0 Å². The zero-order valence-corrected chi connectivity index (χ0v) is 10.1. The molecule has 0 amide bonds. The Labute approximate surface area is 99.4 Å². The Bertz CT molecular complexity index is 391. The third-order valence-electron chi connectivity index (χ3n) is 2.37. The topological polar surface area (TPSA) is 76.7 Å². The predicted octanol–water partition coefficient (Wildman–Crippen LogP) is 1.30. The number of hydrogen-bond acceptors (Lipinski definition) is 5. The Morgan fingerprint density at radius 1 is 1.59 bits per heavy atom. The van der Waals surface area contributed by atoms with Crippen LogP contribution in [0.5, 0.6) is 0 Å². The van der Waals surface area contributed by atoms with E-state index in [2.05, 4.69) is 0 Å². The molecular weight excluding hydrogens is 224 g/mol. The third-order valence-corrected chi connectivity index (χ3v) is 2.37. The van der Waals surface area contributed by atoms with Gasteiger partial charge in [-0.3, -0.25) is 9.59 Å². The maximum Gasteiger partial charge on any atom is 0.318 e. The maximum absolute atomic E-state index is 11.5. The highest BCUT2D eigenvalue weighted by Gasteiger charge is 2.30. The summed E-state index contributed by atoms with van der Waals surface area (Å²) in [4.78, 5) is 22.5. The maximum atomic E-state index is 11.5. The van der Waals surface area contributed by atoms with Crippen LogP contribution in [0.2, 0.25) is 0 Å². The number of ketones is 1. The second-order valence-corrected chi connectivity index (χ2v) is 4.18. The largest absolute Gasteiger partial charge is 0.469 e. The Morgan fingerprint density at radius 2 is 2.24 bits per heavy atom. The summed E-state index contributed by atoms with van der Waals surface area (Å²) >= 11 is 0. The van der Waals surface area contributed by atoms with Crippen molar-refractivity contribution in [3.8, 4) is 0 Å². The molecule has 0 aliphatic heterocycles. The van der Waals surface area contributed by atoms with Crippen LogP contribution in [0.1, 0.15) is 26.5 Å². The van der Waals surface area contributed by atoms with Crippen molar-refractivity contribution in [2.24, 2.45) is 5.92 Å². The fourth-order valence-electron chi connectivity index (χ4n) is 1.24. The molecule has 0 saturated carbocycles. The lowest BCUT2D eigenvalue weighted by atomic mass is 10.1. The van der Waals surface area contributed by atoms with Gasteiger partial charge in [0.2, 0.25) is 5.79 Å². The van der Waals surface area contributed by atoms with Crippen molar-refractivity contribution in [1.29, 1.82) is 0 Å². The van der Waals surface area contributed by atoms with Gasteiger partial charge in [0.25, 0.3) is 0 Å². The van der Waals surface area contributed by atoms with E-state index in [0.29, 0.717) is 5.76 Å². The van der Waals surface area contributed by atoms with Crippen LogP contribution >= 0.6 is 0 Å². The molecule has 2 atom stereocenters. The van der Waals surface area contributed by atoms with Crippen LogP contribution in [0, 0.1) is 5.92 Å². The number of esters is 1. The van der Waals surface area contributed by atoms with Crippen LogP contribution < -0.4 is 0 Å². The average molecular weight is 240 g/mol. The van der Waals surface area contributed by atoms with Gasteiger partial charge >= 0.3 is 5.97 Å². The first-order valence-corrected chi connectivity index (χ1v) is 5.30. The van der Waals surface area contributed by atoms with Gasteiger partial charge in [-0.2, -0.15) is 0 Å². The molecule has 94 valence electrons. The summed E-state index contributed by atoms with van der Waals surface area (Å²) in [6.45, 7) is 4.08. The number of ether oxygens (including phenoxy) is 1. The average Bonchev–Trinajstić information content (AvgIpc) is 2.67. The first kappa shape index (κ1) is 13.4. The van der Waals surface area contributed by atoms with Gasteiger partial charge in [0, 0.05) is 6.92 Å². The molecule has 0 saturated heterocycles. The molecule has 1 aromatic heterocycles. The van der Waals surface area contributed by atoms with E-state index in [9.17, 15) is 14.7 Å². The van der Waals surface area contributed by atoms with Crippen molar-refractivity contribution in [1.82, 2.24) is 0 Å². The standard InChI is InChI=1S/C12H16O5/c1-8(9(2)13)11(14)17-12(3,15)7-10-5-4-6-16-10/h4-6,8,15H,7H2,1-3H3. The highest BCUT2D eigenvalue weighted by atomic mass is 16.7. The Balaban J connectivity index is 2.60. The summed E-state index contributed by atoms with van der Waals surface area (Å²) in [5, 5.41) is 9.87. The number of furan rings is 1. The minimum Gasteiger partial charge on any atom is -0.469 e. The van der Waals surface area contributed by atoms with Crippen molar-refractivity contribution >= 4 is 11.8 Å². The summed E-state index contributed by atoms with van der Waals surface area (Å²) in [5.74, 6) is -3.10. The quantitative estimate of drug-likeness (QED) is 0.477. The Hall–Kier alpha value is -1.62. The molecule has 0 fully saturated rings. The zero-order chi connectivity index (χ0) is 13.1. The van der Waals surface area contributed by atoms with Crippen LogP contribution in [0.3, 0.4) is 0 Å². The number of hydrogen-bond donors (Lipinski definition) is 1. The molecule has 0 aromatic carbocycles. The fourth-order valence-corrected chi connectivity index (χ4v) is 1.24. The van der Waals surface area contributed by atoms with Gasteiger partial charge in [-0.15, -0.1) is 0 Å². The second-order valence-electron chi connectivity index (χ2n) is 4.18. The number of Topliss-reactive ketones (excluding diaryl/α,β-unsaturated/α-hetero) is 1. The molecule has 1 rings (SSSR count). The van der Waals surface area contributed by atoms with Crippen LogP contribution in [0.4, 0.5) is 0 Å². The molecule has 1 aromatic rings. The molecule has 0 bridgehead atoms. The molecule has 0 radical (unpaired) electrons. The van der Waals surface area contributed by atoms with Gasteiger partial charge in [-0.05, 0) is 26.0 Å². The van der Waals surface area contributed by atoms with Crippen LogP contribution in [0.15, 0.2) is 22.8 Å². The molecule has 0 aliphatic carbocycles. The van der Waals surface area contributed by atoms with Crippen molar-refractivity contribution in [3.05, 3.63) is 24.2 Å². The molecule has 0 aliphatic rings. The van der Waals surface area contributed by atoms with Crippen molar-refractivity contribution in [2.75, 3.05) is 0 Å². The lowest BCUT2D eigenvalue weighted by Gasteiger charge is -2.23. The summed E-state index contributed by atoms with van der Waals surface area (Å²) in [6, 6.07) is 3.34. The summed E-state index contributed by atoms with van der Waals surface area (Å²) < 4.78 is 9.91. The molecule has 5 nitrogen and oxygen atoms in total. The molecule has 1 N–H and O–H groups in total. The second kappa shape index (κ2) is 5.14. The van der Waals surface area contributed by atoms with E-state index in [1.165, 1.54) is 27.0 Å². The fraction of sp³-hybridized carbons (Fsp3) is 0.500. The summed E-state index contributed by atoms with van der Waals surface area (Å²) in [7, 11) is 0. The van der Waals surface area contributed by atoms with E-state index in [0.717, 1.165) is 0 Å². The van der Waals surface area contributed by atoms with Crippen LogP contribution in [-0.2, 0) is 20.7 Å². The van der Waals surface area contributed by atoms with Crippen molar-refractivity contribution < 1.29 is 23.8 Å². The van der Waals surface area contributed by atoms with Gasteiger partial charge in [-0.1, -0.05) is 0 Å². The number of aliphatic hydroxyl groups is 1. The van der Waals surface area contributed by atoms with Crippen molar-refractivity contribution in [3.63, 3.8) is 0 Å².